The van der Waals surface area contributed by atoms with E-state index in [1.54, 1.807) is 4.90 Å². The summed E-state index contributed by atoms with van der Waals surface area (Å²) in [5.41, 5.74) is 2.62. The first-order valence-corrected chi connectivity index (χ1v) is 9.83. The SMILES string of the molecule is CCc1ccc2c(c1)C1(SC(NC(C)=O)=NN1C(C)=O)C(=O)N2CC(C)C. The van der Waals surface area contributed by atoms with Gasteiger partial charge in [0.05, 0.1) is 5.69 Å². The van der Waals surface area contributed by atoms with Crippen molar-refractivity contribution in [3.05, 3.63) is 29.3 Å². The van der Waals surface area contributed by atoms with Crippen molar-refractivity contribution in [3.8, 4) is 0 Å². The minimum atomic E-state index is -1.31. The summed E-state index contributed by atoms with van der Waals surface area (Å²) in [4.78, 5) is 37.9. The molecule has 0 fully saturated rings. The van der Waals surface area contributed by atoms with Crippen LogP contribution in [0.3, 0.4) is 0 Å². The van der Waals surface area contributed by atoms with E-state index in [-0.39, 0.29) is 28.8 Å². The lowest BCUT2D eigenvalue weighted by Crippen LogP contribution is -2.49. The molecule has 0 saturated carbocycles. The highest BCUT2D eigenvalue weighted by Gasteiger charge is 2.61. The highest BCUT2D eigenvalue weighted by atomic mass is 32.2. The number of thioether (sulfide) groups is 1. The van der Waals surface area contributed by atoms with Gasteiger partial charge in [-0.05, 0) is 41.8 Å². The van der Waals surface area contributed by atoms with Gasteiger partial charge in [0.15, 0.2) is 5.17 Å². The van der Waals surface area contributed by atoms with E-state index in [1.165, 1.54) is 18.9 Å². The first-order chi connectivity index (χ1) is 12.7. The van der Waals surface area contributed by atoms with Gasteiger partial charge < -0.3 is 10.2 Å². The van der Waals surface area contributed by atoms with E-state index in [1.807, 2.05) is 39.0 Å². The topological polar surface area (TPSA) is 82.1 Å². The molecule has 1 spiro atoms. The number of hydrazone groups is 1. The van der Waals surface area contributed by atoms with Crippen LogP contribution in [0, 0.1) is 5.92 Å². The van der Waals surface area contributed by atoms with Gasteiger partial charge in [-0.3, -0.25) is 14.4 Å². The number of rotatable bonds is 3. The average molecular weight is 388 g/mol. The van der Waals surface area contributed by atoms with Crippen LogP contribution in [0.1, 0.15) is 45.7 Å². The quantitative estimate of drug-likeness (QED) is 0.862. The number of nitrogens with one attached hydrogen (secondary N) is 1. The molecule has 0 aromatic heterocycles. The number of amides is 3. The molecule has 3 rings (SSSR count). The number of benzene rings is 1. The van der Waals surface area contributed by atoms with Crippen LogP contribution in [0.5, 0.6) is 0 Å². The summed E-state index contributed by atoms with van der Waals surface area (Å²) in [6, 6.07) is 5.92. The zero-order valence-corrected chi connectivity index (χ0v) is 17.0. The van der Waals surface area contributed by atoms with Gasteiger partial charge >= 0.3 is 0 Å². The Bertz CT molecular complexity index is 851. The molecule has 144 valence electrons. The number of hydrogen-bond donors (Lipinski definition) is 1. The van der Waals surface area contributed by atoms with Crippen molar-refractivity contribution in [3.63, 3.8) is 0 Å². The summed E-state index contributed by atoms with van der Waals surface area (Å²) in [6.45, 7) is 9.42. The highest BCUT2D eigenvalue weighted by Crippen LogP contribution is 2.54. The van der Waals surface area contributed by atoms with Gasteiger partial charge in [0.25, 0.3) is 5.91 Å². The lowest BCUT2D eigenvalue weighted by Gasteiger charge is -2.30. The fraction of sp³-hybridized carbons (Fsp3) is 0.474. The van der Waals surface area contributed by atoms with E-state index in [0.717, 1.165) is 35.0 Å². The third kappa shape index (κ3) is 3.12. The van der Waals surface area contributed by atoms with Crippen LogP contribution < -0.4 is 10.2 Å². The number of nitrogens with zero attached hydrogens (tertiary/aromatic N) is 3. The predicted octanol–water partition coefficient (Wildman–Crippen LogP) is 2.41. The number of fused-ring (bicyclic) bond motifs is 2. The molecule has 7 nitrogen and oxygen atoms in total. The van der Waals surface area contributed by atoms with Crippen LogP contribution in [0.15, 0.2) is 23.3 Å². The smallest absolute Gasteiger partial charge is 0.270 e. The van der Waals surface area contributed by atoms with Crippen molar-refractivity contribution in [2.75, 3.05) is 11.4 Å². The second kappa shape index (κ2) is 6.99. The summed E-state index contributed by atoms with van der Waals surface area (Å²) in [5.74, 6) is -0.594. The third-order valence-corrected chi connectivity index (χ3v) is 5.76. The molecule has 0 bridgehead atoms. The summed E-state index contributed by atoms with van der Waals surface area (Å²) < 4.78 is 0. The molecular weight excluding hydrogens is 364 g/mol. The van der Waals surface area contributed by atoms with Gasteiger partial charge in [0, 0.05) is 26.0 Å². The number of amidine groups is 1. The van der Waals surface area contributed by atoms with Crippen LogP contribution in [0.2, 0.25) is 0 Å². The summed E-state index contributed by atoms with van der Waals surface area (Å²) >= 11 is 1.12. The van der Waals surface area contributed by atoms with Gasteiger partial charge in [-0.25, -0.2) is 0 Å². The molecule has 1 atom stereocenters. The Morgan fingerprint density at radius 2 is 2.00 bits per heavy atom. The monoisotopic (exact) mass is 388 g/mol. The number of aryl methyl sites for hydroxylation is 1. The number of carbonyl (C=O) groups is 3. The maximum Gasteiger partial charge on any atom is 0.270 e. The summed E-state index contributed by atoms with van der Waals surface area (Å²) in [5, 5.41) is 8.36. The highest BCUT2D eigenvalue weighted by molar-refractivity contribution is 8.15. The first-order valence-electron chi connectivity index (χ1n) is 9.02. The molecule has 0 radical (unpaired) electrons. The van der Waals surface area contributed by atoms with E-state index in [0.29, 0.717) is 6.54 Å². The zero-order chi connectivity index (χ0) is 19.9. The molecule has 2 aliphatic rings. The Kier molecular flexibility index (Phi) is 5.03. The van der Waals surface area contributed by atoms with E-state index in [2.05, 4.69) is 10.4 Å². The molecule has 1 unspecified atom stereocenters. The van der Waals surface area contributed by atoms with Gasteiger partial charge in [0.2, 0.25) is 16.7 Å². The van der Waals surface area contributed by atoms with Crippen LogP contribution in [-0.2, 0) is 25.7 Å². The third-order valence-electron chi connectivity index (χ3n) is 4.52. The molecule has 0 aliphatic carbocycles. The Balaban J connectivity index is 2.18. The minimum absolute atomic E-state index is 0.205. The van der Waals surface area contributed by atoms with Gasteiger partial charge in [-0.2, -0.15) is 5.01 Å². The van der Waals surface area contributed by atoms with Crippen LogP contribution in [0.25, 0.3) is 0 Å². The van der Waals surface area contributed by atoms with Gasteiger partial charge in [-0.1, -0.05) is 26.8 Å². The molecule has 1 aromatic carbocycles. The molecule has 0 saturated heterocycles. The van der Waals surface area contributed by atoms with Gasteiger partial charge in [0.1, 0.15) is 0 Å². The van der Waals surface area contributed by atoms with E-state index < -0.39 is 4.87 Å². The van der Waals surface area contributed by atoms with E-state index in [9.17, 15) is 14.4 Å². The van der Waals surface area contributed by atoms with Crippen molar-refractivity contribution in [1.29, 1.82) is 0 Å². The molecular formula is C19H24N4O3S. The fourth-order valence-corrected chi connectivity index (χ4v) is 4.75. The molecule has 1 N–H and O–H groups in total. The lowest BCUT2D eigenvalue weighted by molar-refractivity contribution is -0.139. The van der Waals surface area contributed by atoms with Crippen LogP contribution in [-0.4, -0.2) is 34.4 Å². The molecule has 2 aliphatic heterocycles. The van der Waals surface area contributed by atoms with Gasteiger partial charge in [-0.15, -0.1) is 5.10 Å². The summed E-state index contributed by atoms with van der Waals surface area (Å²) in [7, 11) is 0. The summed E-state index contributed by atoms with van der Waals surface area (Å²) in [6.07, 6.45) is 0.811. The van der Waals surface area contributed by atoms with E-state index in [4.69, 9.17) is 0 Å². The molecule has 3 amide bonds. The predicted molar refractivity (Wildman–Crippen MR) is 106 cm³/mol. The van der Waals surface area contributed by atoms with Crippen molar-refractivity contribution in [1.82, 2.24) is 10.3 Å². The molecule has 27 heavy (non-hydrogen) atoms. The van der Waals surface area contributed by atoms with Crippen molar-refractivity contribution >= 4 is 40.3 Å². The molecule has 8 heteroatoms. The van der Waals surface area contributed by atoms with Crippen molar-refractivity contribution < 1.29 is 14.4 Å². The standard InChI is InChI=1S/C19H24N4O3S/c1-6-14-7-8-16-15(9-14)19(17(26)22(16)10-11(2)3)23(13(5)25)21-18(27-19)20-12(4)24/h7-9,11H,6,10H2,1-5H3,(H,20,21,24). The average Bonchev–Trinajstić information content (AvgIpc) is 3.07. The lowest BCUT2D eigenvalue weighted by atomic mass is 10.0. The van der Waals surface area contributed by atoms with Crippen molar-refractivity contribution in [2.24, 2.45) is 11.0 Å². The Hall–Kier alpha value is -2.35. The number of anilines is 1. The first kappa shape index (κ1) is 19.4. The molecule has 2 heterocycles. The fourth-order valence-electron chi connectivity index (χ4n) is 3.43. The van der Waals surface area contributed by atoms with Crippen LogP contribution in [0.4, 0.5) is 5.69 Å². The normalized spacial score (nSPS) is 21.1. The Morgan fingerprint density at radius 1 is 1.30 bits per heavy atom. The van der Waals surface area contributed by atoms with Crippen molar-refractivity contribution in [2.45, 2.75) is 45.9 Å². The maximum atomic E-state index is 13.6. The second-order valence-corrected chi connectivity index (χ2v) is 8.36. The van der Waals surface area contributed by atoms with Crippen LogP contribution >= 0.6 is 11.8 Å². The Labute approximate surface area is 163 Å². The minimum Gasteiger partial charge on any atom is -0.309 e. The maximum absolute atomic E-state index is 13.6. The molecule has 1 aromatic rings. The number of hydrogen-bond acceptors (Lipinski definition) is 5. The number of carbonyl (C=O) groups excluding carboxylic acids is 3. The Morgan fingerprint density at radius 3 is 2.56 bits per heavy atom. The largest absolute Gasteiger partial charge is 0.309 e. The van der Waals surface area contributed by atoms with E-state index >= 15 is 0 Å². The second-order valence-electron chi connectivity index (χ2n) is 7.18. The zero-order valence-electron chi connectivity index (χ0n) is 16.2.